The number of carboxylic acid groups (broad SMARTS) is 1. The maximum absolute atomic E-state index is 13.8. The van der Waals surface area contributed by atoms with Gasteiger partial charge in [-0.25, -0.2) is 23.6 Å². The van der Waals surface area contributed by atoms with Gasteiger partial charge in [-0.05, 0) is 52.8 Å². The van der Waals surface area contributed by atoms with E-state index in [2.05, 4.69) is 26.2 Å². The predicted octanol–water partition coefficient (Wildman–Crippen LogP) is 0.587. The van der Waals surface area contributed by atoms with E-state index >= 15 is 0 Å². The number of hydrogen-bond acceptors (Lipinski definition) is 12. The summed E-state index contributed by atoms with van der Waals surface area (Å²) in [5, 5.41) is 46.5. The summed E-state index contributed by atoms with van der Waals surface area (Å²) >= 11 is 2.49. The first kappa shape index (κ1) is 31.7. The molecule has 2 aliphatic heterocycles. The third-order valence-corrected chi connectivity index (χ3v) is 10.1. The number of benzene rings is 2. The van der Waals surface area contributed by atoms with E-state index in [0.717, 1.165) is 27.7 Å². The Labute approximate surface area is 273 Å². The zero-order valence-electron chi connectivity index (χ0n) is 24.7. The summed E-state index contributed by atoms with van der Waals surface area (Å²) in [6.07, 6.45) is 0. The summed E-state index contributed by atoms with van der Waals surface area (Å²) in [5.74, 6) is -3.24. The third-order valence-electron chi connectivity index (χ3n) is 7.68. The second kappa shape index (κ2) is 12.5. The quantitative estimate of drug-likeness (QED) is 0.121. The van der Waals surface area contributed by atoms with Gasteiger partial charge in [-0.3, -0.25) is 19.1 Å². The van der Waals surface area contributed by atoms with Gasteiger partial charge < -0.3 is 26.0 Å². The number of carbonyl (C=O) groups excluding carboxylic acids is 3. The number of imidazole rings is 1. The molecule has 17 nitrogen and oxygen atoms in total. The van der Waals surface area contributed by atoms with Gasteiger partial charge >= 0.3 is 17.7 Å². The average Bonchev–Trinajstić information content (AvgIpc) is 3.61. The van der Waals surface area contributed by atoms with Crippen molar-refractivity contribution in [1.82, 2.24) is 44.9 Å². The van der Waals surface area contributed by atoms with Crippen molar-refractivity contribution in [2.75, 3.05) is 11.5 Å². The number of carbonyl (C=O) groups is 4. The Morgan fingerprint density at radius 1 is 1.11 bits per heavy atom. The van der Waals surface area contributed by atoms with Gasteiger partial charge in [0.2, 0.25) is 11.1 Å². The number of aromatic hydroxyl groups is 2. The standard InChI is InChI=1S/C28H27N9O8S2/c1-3-35-27(31-32-33-35)47-12-14-11-46-24-20(23(41)37(24)21(14)25(42)43)29-22(40)19(13-8-15(38)10-16(39)9-13)30-26(44)36-18-7-5-4-6-17(18)34(2)28(36)45/h4-10,19-20,24,38-39H,3,11-12H2,1-2H3,(H,29,40)(H,30,44)(H,42,43)/t19?,20?,24-/m1/s1. The number of phenolic OH excluding ortho intramolecular Hbond substituents is 2. The van der Waals surface area contributed by atoms with Gasteiger partial charge in [0, 0.05) is 31.2 Å². The molecule has 0 spiro atoms. The van der Waals surface area contributed by atoms with Crippen LogP contribution in [0.5, 0.6) is 11.5 Å². The number of amides is 3. The molecule has 2 aliphatic rings. The van der Waals surface area contributed by atoms with E-state index in [4.69, 9.17) is 0 Å². The van der Waals surface area contributed by atoms with Crippen LogP contribution >= 0.6 is 23.5 Å². The van der Waals surface area contributed by atoms with Crippen molar-refractivity contribution < 1.29 is 34.5 Å². The van der Waals surface area contributed by atoms with Crippen molar-refractivity contribution in [3.8, 4) is 11.5 Å². The Morgan fingerprint density at radius 2 is 1.81 bits per heavy atom. The predicted molar refractivity (Wildman–Crippen MR) is 168 cm³/mol. The van der Waals surface area contributed by atoms with Crippen molar-refractivity contribution >= 4 is 58.4 Å². The summed E-state index contributed by atoms with van der Waals surface area (Å²) in [7, 11) is 1.49. The fourth-order valence-electron chi connectivity index (χ4n) is 5.44. The number of nitrogens with one attached hydrogen (secondary N) is 2. The maximum Gasteiger partial charge on any atom is 0.352 e. The van der Waals surface area contributed by atoms with Gasteiger partial charge in [-0.15, -0.1) is 16.9 Å². The molecular formula is C28H27N9O8S2. The van der Waals surface area contributed by atoms with E-state index in [9.17, 15) is 39.3 Å². The molecule has 1 saturated heterocycles. The van der Waals surface area contributed by atoms with Crippen LogP contribution in [0.3, 0.4) is 0 Å². The van der Waals surface area contributed by atoms with Gasteiger partial charge in [0.05, 0.1) is 11.0 Å². The lowest BCUT2D eigenvalue weighted by Gasteiger charge is -2.49. The van der Waals surface area contributed by atoms with E-state index in [0.29, 0.717) is 22.8 Å². The van der Waals surface area contributed by atoms with Gasteiger partial charge in [0.25, 0.3) is 5.91 Å². The molecule has 1 fully saturated rings. The number of nitrogens with zero attached hydrogens (tertiary/aromatic N) is 7. The van der Waals surface area contributed by atoms with Crippen LogP contribution in [0.15, 0.2) is 63.7 Å². The molecule has 6 rings (SSSR count). The van der Waals surface area contributed by atoms with Crippen molar-refractivity contribution in [3.63, 3.8) is 0 Å². The Hall–Kier alpha value is -5.30. The largest absolute Gasteiger partial charge is 0.508 e. The van der Waals surface area contributed by atoms with E-state index in [1.807, 2.05) is 6.92 Å². The summed E-state index contributed by atoms with van der Waals surface area (Å²) in [6.45, 7) is 2.38. The lowest BCUT2D eigenvalue weighted by Crippen LogP contribution is -2.71. The third kappa shape index (κ3) is 5.67. The Bertz CT molecular complexity index is 2020. The molecule has 3 amide bonds. The minimum Gasteiger partial charge on any atom is -0.508 e. The normalized spacial score (nSPS) is 18.1. The maximum atomic E-state index is 13.8. The van der Waals surface area contributed by atoms with E-state index in [1.165, 1.54) is 35.1 Å². The lowest BCUT2D eigenvalue weighted by molar-refractivity contribution is -0.151. The van der Waals surface area contributed by atoms with E-state index < -0.39 is 58.5 Å². The Balaban J connectivity index is 1.25. The number of rotatable bonds is 9. The molecule has 19 heteroatoms. The first-order valence-electron chi connectivity index (χ1n) is 14.1. The van der Waals surface area contributed by atoms with Crippen LogP contribution in [0.4, 0.5) is 4.79 Å². The van der Waals surface area contributed by atoms with Gasteiger partial charge in [-0.2, -0.15) is 0 Å². The number of aliphatic carboxylic acids is 1. The van der Waals surface area contributed by atoms with Crippen LogP contribution in [-0.4, -0.2) is 96.3 Å². The molecule has 4 aromatic rings. The molecule has 2 unspecified atom stereocenters. The number of fused-ring (bicyclic) bond motifs is 2. The smallest absolute Gasteiger partial charge is 0.352 e. The fourth-order valence-corrected chi connectivity index (χ4v) is 7.87. The number of carboxylic acids is 1. The number of hydrogen-bond donors (Lipinski definition) is 5. The van der Waals surface area contributed by atoms with E-state index in [1.54, 1.807) is 28.9 Å². The molecule has 2 aromatic carbocycles. The van der Waals surface area contributed by atoms with Crippen LogP contribution in [0.25, 0.3) is 11.0 Å². The lowest BCUT2D eigenvalue weighted by atomic mass is 10.0. The molecule has 0 saturated carbocycles. The number of aromatic nitrogens is 6. The number of para-hydroxylation sites is 2. The zero-order valence-corrected chi connectivity index (χ0v) is 26.4. The highest BCUT2D eigenvalue weighted by Crippen LogP contribution is 2.41. The molecule has 244 valence electrons. The second-order valence-electron chi connectivity index (χ2n) is 10.6. The number of thioether (sulfide) groups is 2. The monoisotopic (exact) mass is 681 g/mol. The van der Waals surface area contributed by atoms with Crippen molar-refractivity contribution in [3.05, 3.63) is 69.8 Å². The summed E-state index contributed by atoms with van der Waals surface area (Å²) in [4.78, 5) is 67.1. The van der Waals surface area contributed by atoms with Gasteiger partial charge in [0.15, 0.2) is 0 Å². The summed E-state index contributed by atoms with van der Waals surface area (Å²) in [6, 6.07) is 6.12. The highest BCUT2D eigenvalue weighted by atomic mass is 32.2. The molecule has 0 bridgehead atoms. The Morgan fingerprint density at radius 3 is 2.49 bits per heavy atom. The summed E-state index contributed by atoms with van der Waals surface area (Å²) < 4.78 is 3.66. The Kier molecular flexibility index (Phi) is 8.41. The minimum atomic E-state index is -1.59. The highest BCUT2D eigenvalue weighted by molar-refractivity contribution is 8.01. The highest BCUT2D eigenvalue weighted by Gasteiger charge is 2.54. The average molecular weight is 682 g/mol. The molecule has 0 aliphatic carbocycles. The molecule has 47 heavy (non-hydrogen) atoms. The van der Waals surface area contributed by atoms with E-state index in [-0.39, 0.29) is 28.3 Å². The first-order valence-corrected chi connectivity index (χ1v) is 16.1. The molecular weight excluding hydrogens is 654 g/mol. The number of phenols is 2. The van der Waals surface area contributed by atoms with Gasteiger partial charge in [0.1, 0.15) is 34.7 Å². The summed E-state index contributed by atoms with van der Waals surface area (Å²) in [5.41, 5.74) is 0.299. The molecule has 0 radical (unpaired) electrons. The molecule has 2 aromatic heterocycles. The molecule has 5 N–H and O–H groups in total. The zero-order chi connectivity index (χ0) is 33.6. The fraction of sp³-hybridized carbons (Fsp3) is 0.286. The second-order valence-corrected chi connectivity index (χ2v) is 12.6. The minimum absolute atomic E-state index is 0.0404. The molecule has 3 atom stereocenters. The van der Waals surface area contributed by atoms with Crippen molar-refractivity contribution in [2.45, 2.75) is 36.1 Å². The number of aryl methyl sites for hydroxylation is 2. The van der Waals surface area contributed by atoms with Crippen LogP contribution in [0.2, 0.25) is 0 Å². The van der Waals surface area contributed by atoms with Crippen LogP contribution in [0.1, 0.15) is 18.5 Å². The van der Waals surface area contributed by atoms with Crippen LogP contribution < -0.4 is 16.3 Å². The van der Waals surface area contributed by atoms with Gasteiger partial charge in [-0.1, -0.05) is 23.9 Å². The van der Waals surface area contributed by atoms with Crippen molar-refractivity contribution in [1.29, 1.82) is 0 Å². The number of tetrazole rings is 1. The van der Waals surface area contributed by atoms with Crippen molar-refractivity contribution in [2.24, 2.45) is 7.05 Å². The first-order chi connectivity index (χ1) is 22.5. The topological polar surface area (TPSA) is 227 Å². The SMILES string of the molecule is CCn1nnnc1SCC1=C(C(=O)O)N2C(=O)C(NC(=O)C(NC(=O)n3c(=O)n(C)c4ccccc43)c3cc(O)cc(O)c3)[C@H]2SC1. The number of β-lactam (4-membered cyclic amide) rings is 1. The van der Waals surface area contributed by atoms with Crippen LogP contribution in [-0.2, 0) is 28.0 Å². The van der Waals surface area contributed by atoms with Crippen LogP contribution in [0, 0.1) is 0 Å². The molecule has 4 heterocycles.